The summed E-state index contributed by atoms with van der Waals surface area (Å²) in [4.78, 5) is 33.7. The van der Waals surface area contributed by atoms with E-state index in [0.29, 0.717) is 24.5 Å². The van der Waals surface area contributed by atoms with Gasteiger partial charge in [-0.05, 0) is 36.1 Å². The summed E-state index contributed by atoms with van der Waals surface area (Å²) >= 11 is 1.39. The van der Waals surface area contributed by atoms with E-state index >= 15 is 0 Å². The van der Waals surface area contributed by atoms with E-state index in [-0.39, 0.29) is 23.8 Å². The molecule has 0 radical (unpaired) electrons. The van der Waals surface area contributed by atoms with E-state index in [2.05, 4.69) is 36.0 Å². The number of hydrogen-bond donors (Lipinski definition) is 1. The molecule has 1 aromatic heterocycles. The van der Waals surface area contributed by atoms with Gasteiger partial charge in [0, 0.05) is 25.0 Å². The molecule has 1 saturated heterocycles. The van der Waals surface area contributed by atoms with Crippen molar-refractivity contribution in [3.63, 3.8) is 0 Å². The molecule has 8 nitrogen and oxygen atoms in total. The van der Waals surface area contributed by atoms with Crippen molar-refractivity contribution >= 4 is 28.8 Å². The number of anilines is 1. The van der Waals surface area contributed by atoms with Crippen LogP contribution in [0.2, 0.25) is 0 Å². The van der Waals surface area contributed by atoms with Gasteiger partial charge in [-0.1, -0.05) is 26.8 Å². The van der Waals surface area contributed by atoms with E-state index in [4.69, 9.17) is 9.47 Å². The van der Waals surface area contributed by atoms with Gasteiger partial charge in [0.05, 0.1) is 25.4 Å². The van der Waals surface area contributed by atoms with Crippen LogP contribution in [0.25, 0.3) is 0 Å². The van der Waals surface area contributed by atoms with Gasteiger partial charge in [0.1, 0.15) is 16.5 Å². The third-order valence-corrected chi connectivity index (χ3v) is 6.72. The minimum Gasteiger partial charge on any atom is -0.482 e. The van der Waals surface area contributed by atoms with Crippen LogP contribution in [-0.4, -0.2) is 67.7 Å². The summed E-state index contributed by atoms with van der Waals surface area (Å²) in [5, 5.41) is 5.42. The van der Waals surface area contributed by atoms with Gasteiger partial charge < -0.3 is 14.8 Å². The average Bonchev–Trinajstić information content (AvgIpc) is 3.27. The Labute approximate surface area is 198 Å². The summed E-state index contributed by atoms with van der Waals surface area (Å²) in [6.07, 6.45) is 0.887. The maximum atomic E-state index is 12.7. The fourth-order valence-electron chi connectivity index (χ4n) is 3.88. The van der Waals surface area contributed by atoms with Crippen LogP contribution in [0.3, 0.4) is 0 Å². The van der Waals surface area contributed by atoms with Crippen LogP contribution in [0.5, 0.6) is 5.75 Å². The molecule has 2 aromatic rings. The van der Waals surface area contributed by atoms with Crippen molar-refractivity contribution in [1.29, 1.82) is 0 Å². The number of carbonyl (C=O) groups excluding carboxylic acids is 2. The highest BCUT2D eigenvalue weighted by atomic mass is 32.1. The normalized spacial score (nSPS) is 16.9. The molecule has 178 valence electrons. The lowest BCUT2D eigenvalue weighted by Gasteiger charge is -2.30. The maximum absolute atomic E-state index is 12.7. The average molecular weight is 473 g/mol. The molecule has 0 spiro atoms. The summed E-state index contributed by atoms with van der Waals surface area (Å²) in [6.45, 7) is 11.7. The Morgan fingerprint density at radius 2 is 2.03 bits per heavy atom. The fraction of sp³-hybridized carbons (Fsp3) is 0.542. The Balaban J connectivity index is 1.36. The summed E-state index contributed by atoms with van der Waals surface area (Å²) in [6, 6.07) is 5.98. The zero-order chi connectivity index (χ0) is 23.4. The van der Waals surface area contributed by atoms with Gasteiger partial charge >= 0.3 is 0 Å². The molecule has 2 amide bonds. The van der Waals surface area contributed by atoms with E-state index in [1.165, 1.54) is 11.3 Å². The monoisotopic (exact) mass is 472 g/mol. The predicted octanol–water partition coefficient (Wildman–Crippen LogP) is 2.82. The molecular weight excluding hydrogens is 440 g/mol. The topological polar surface area (TPSA) is 84.0 Å². The standard InChI is InChI=1S/C24H32N4O4S/c1-24(2,3)17-5-6-20-19(13-17)28(22(29)15-32-20)14-21-26-18(16-33-21)23(30)25-7-4-8-27-9-11-31-12-10-27/h5-6,13,16H,4,7-12,14-15H2,1-3H3,(H,25,30). The fourth-order valence-corrected chi connectivity index (χ4v) is 4.65. The van der Waals surface area contributed by atoms with Gasteiger partial charge in [-0.3, -0.25) is 19.4 Å². The number of ether oxygens (including phenoxy) is 2. The summed E-state index contributed by atoms with van der Waals surface area (Å²) in [5.41, 5.74) is 2.23. The molecule has 33 heavy (non-hydrogen) atoms. The second-order valence-electron chi connectivity index (χ2n) is 9.39. The van der Waals surface area contributed by atoms with Crippen LogP contribution in [0.1, 0.15) is 48.3 Å². The van der Waals surface area contributed by atoms with Crippen molar-refractivity contribution in [3.05, 3.63) is 39.8 Å². The van der Waals surface area contributed by atoms with Crippen molar-refractivity contribution in [1.82, 2.24) is 15.2 Å². The number of aromatic nitrogens is 1. The Kier molecular flexibility index (Phi) is 7.31. The van der Waals surface area contributed by atoms with Crippen LogP contribution in [0, 0.1) is 0 Å². The molecule has 0 saturated carbocycles. The van der Waals surface area contributed by atoms with E-state index < -0.39 is 0 Å². The lowest BCUT2D eigenvalue weighted by atomic mass is 9.86. The number of morpholine rings is 1. The zero-order valence-corrected chi connectivity index (χ0v) is 20.4. The van der Waals surface area contributed by atoms with Gasteiger partial charge in [0.2, 0.25) is 0 Å². The third kappa shape index (κ3) is 5.90. The number of nitrogens with one attached hydrogen (secondary N) is 1. The van der Waals surface area contributed by atoms with Crippen molar-refractivity contribution in [3.8, 4) is 5.75 Å². The predicted molar refractivity (Wildman–Crippen MR) is 128 cm³/mol. The Morgan fingerprint density at radius 3 is 2.79 bits per heavy atom. The number of nitrogens with zero attached hydrogens (tertiary/aromatic N) is 3. The van der Waals surface area contributed by atoms with Crippen molar-refractivity contribution < 1.29 is 19.1 Å². The molecule has 0 unspecified atom stereocenters. The van der Waals surface area contributed by atoms with Crippen molar-refractivity contribution in [2.24, 2.45) is 0 Å². The summed E-state index contributed by atoms with van der Waals surface area (Å²) < 4.78 is 11.0. The van der Waals surface area contributed by atoms with Gasteiger partial charge in [-0.25, -0.2) is 4.98 Å². The Bertz CT molecular complexity index is 995. The van der Waals surface area contributed by atoms with Crippen LogP contribution in [-0.2, 0) is 21.5 Å². The van der Waals surface area contributed by atoms with Crippen LogP contribution in [0.15, 0.2) is 23.6 Å². The van der Waals surface area contributed by atoms with Crippen LogP contribution in [0.4, 0.5) is 5.69 Å². The number of thiazole rings is 1. The number of hydrogen-bond acceptors (Lipinski definition) is 7. The number of rotatable bonds is 7. The second kappa shape index (κ2) is 10.2. The first kappa shape index (κ1) is 23.7. The van der Waals surface area contributed by atoms with Crippen LogP contribution < -0.4 is 15.0 Å². The van der Waals surface area contributed by atoms with E-state index in [1.807, 2.05) is 18.2 Å². The molecule has 9 heteroatoms. The molecular formula is C24H32N4O4S. The molecule has 2 aliphatic heterocycles. The van der Waals surface area contributed by atoms with Crippen molar-refractivity contribution in [2.75, 3.05) is 50.9 Å². The van der Waals surface area contributed by atoms with E-state index in [9.17, 15) is 9.59 Å². The smallest absolute Gasteiger partial charge is 0.270 e. The lowest BCUT2D eigenvalue weighted by Crippen LogP contribution is -2.38. The molecule has 1 aromatic carbocycles. The Hall–Kier alpha value is -2.49. The largest absolute Gasteiger partial charge is 0.482 e. The Morgan fingerprint density at radius 1 is 1.24 bits per heavy atom. The minimum absolute atomic E-state index is 0.00370. The van der Waals surface area contributed by atoms with Gasteiger partial charge in [0.25, 0.3) is 11.8 Å². The molecule has 0 aliphatic carbocycles. The zero-order valence-electron chi connectivity index (χ0n) is 19.6. The summed E-state index contributed by atoms with van der Waals surface area (Å²) in [5.74, 6) is 0.401. The number of carbonyl (C=O) groups is 2. The molecule has 1 N–H and O–H groups in total. The van der Waals surface area contributed by atoms with E-state index in [1.54, 1.807) is 10.3 Å². The highest BCUT2D eigenvalue weighted by Crippen LogP contribution is 2.37. The highest BCUT2D eigenvalue weighted by Gasteiger charge is 2.28. The van der Waals surface area contributed by atoms with Gasteiger partial charge in [-0.15, -0.1) is 11.3 Å². The number of fused-ring (bicyclic) bond motifs is 1. The first-order chi connectivity index (χ1) is 15.8. The molecule has 0 bridgehead atoms. The maximum Gasteiger partial charge on any atom is 0.270 e. The minimum atomic E-state index is -0.178. The van der Waals surface area contributed by atoms with Gasteiger partial charge in [0.15, 0.2) is 6.61 Å². The molecule has 0 atom stereocenters. The van der Waals surface area contributed by atoms with E-state index in [0.717, 1.165) is 55.5 Å². The van der Waals surface area contributed by atoms with Crippen LogP contribution >= 0.6 is 11.3 Å². The lowest BCUT2D eigenvalue weighted by molar-refractivity contribution is -0.121. The first-order valence-corrected chi connectivity index (χ1v) is 12.3. The number of benzene rings is 1. The van der Waals surface area contributed by atoms with Gasteiger partial charge in [-0.2, -0.15) is 0 Å². The quantitative estimate of drug-likeness (QED) is 0.624. The molecule has 2 aliphatic rings. The molecule has 3 heterocycles. The summed E-state index contributed by atoms with van der Waals surface area (Å²) in [7, 11) is 0. The van der Waals surface area contributed by atoms with Crippen molar-refractivity contribution in [2.45, 2.75) is 39.2 Å². The third-order valence-electron chi connectivity index (χ3n) is 5.89. The molecule has 1 fully saturated rings. The SMILES string of the molecule is CC(C)(C)c1ccc2c(c1)N(Cc1nc(C(=O)NCCCN3CCOCC3)cs1)C(=O)CO2. The highest BCUT2D eigenvalue weighted by molar-refractivity contribution is 7.09. The molecule has 4 rings (SSSR count). The number of amides is 2. The first-order valence-electron chi connectivity index (χ1n) is 11.4. The second-order valence-corrected chi connectivity index (χ2v) is 10.3.